The van der Waals surface area contributed by atoms with Crippen molar-refractivity contribution in [1.29, 1.82) is 0 Å². The number of aldehydes is 1. The standard InChI is InChI=1S/C14H19NO2/c1-10-7-12(9-16)3-4-13(10)15-6-5-14(17)11(2)8-15/h3-4,7,9,11,14,17H,5-6,8H2,1-2H3. The van der Waals surface area contributed by atoms with Crippen LogP contribution in [-0.2, 0) is 0 Å². The smallest absolute Gasteiger partial charge is 0.150 e. The van der Waals surface area contributed by atoms with Gasteiger partial charge >= 0.3 is 0 Å². The molecule has 0 amide bonds. The zero-order valence-electron chi connectivity index (χ0n) is 10.4. The van der Waals surface area contributed by atoms with E-state index in [9.17, 15) is 9.90 Å². The second kappa shape index (κ2) is 4.88. The van der Waals surface area contributed by atoms with Crippen molar-refractivity contribution in [2.24, 2.45) is 5.92 Å². The predicted octanol–water partition coefficient (Wildman–Crippen LogP) is 2.01. The monoisotopic (exact) mass is 233 g/mol. The maximum Gasteiger partial charge on any atom is 0.150 e. The molecule has 1 aliphatic rings. The number of aryl methyl sites for hydroxylation is 1. The summed E-state index contributed by atoms with van der Waals surface area (Å²) in [5.74, 6) is 0.300. The number of hydrogen-bond donors (Lipinski definition) is 1. The molecule has 2 unspecified atom stereocenters. The minimum Gasteiger partial charge on any atom is -0.393 e. The molecule has 1 aliphatic heterocycles. The lowest BCUT2D eigenvalue weighted by atomic mass is 9.95. The first-order chi connectivity index (χ1) is 8.11. The highest BCUT2D eigenvalue weighted by Crippen LogP contribution is 2.26. The molecule has 1 saturated heterocycles. The van der Waals surface area contributed by atoms with E-state index in [1.54, 1.807) is 0 Å². The summed E-state index contributed by atoms with van der Waals surface area (Å²) >= 11 is 0. The molecule has 2 rings (SSSR count). The number of benzene rings is 1. The summed E-state index contributed by atoms with van der Waals surface area (Å²) in [6, 6.07) is 5.77. The molecule has 92 valence electrons. The van der Waals surface area contributed by atoms with Gasteiger partial charge in [-0.15, -0.1) is 0 Å². The summed E-state index contributed by atoms with van der Waals surface area (Å²) < 4.78 is 0. The van der Waals surface area contributed by atoms with E-state index in [-0.39, 0.29) is 6.10 Å². The summed E-state index contributed by atoms with van der Waals surface area (Å²) in [5, 5.41) is 9.72. The number of aliphatic hydroxyl groups is 1. The number of carbonyl (C=O) groups is 1. The Labute approximate surface area is 102 Å². The molecular weight excluding hydrogens is 214 g/mol. The SMILES string of the molecule is Cc1cc(C=O)ccc1N1CCC(O)C(C)C1. The Kier molecular flexibility index (Phi) is 3.48. The van der Waals surface area contributed by atoms with Gasteiger partial charge in [-0.2, -0.15) is 0 Å². The van der Waals surface area contributed by atoms with Crippen molar-refractivity contribution in [3.8, 4) is 0 Å². The third-order valence-corrected chi connectivity index (χ3v) is 3.56. The van der Waals surface area contributed by atoms with Gasteiger partial charge in [0.2, 0.25) is 0 Å². The zero-order chi connectivity index (χ0) is 12.4. The minimum atomic E-state index is -0.180. The van der Waals surface area contributed by atoms with Gasteiger partial charge in [0, 0.05) is 24.3 Å². The molecule has 2 atom stereocenters. The van der Waals surface area contributed by atoms with Crippen LogP contribution in [0.15, 0.2) is 18.2 Å². The molecule has 1 fully saturated rings. The molecule has 1 aromatic carbocycles. The van der Waals surface area contributed by atoms with E-state index in [1.807, 2.05) is 25.1 Å². The Morgan fingerprint density at radius 2 is 2.24 bits per heavy atom. The Hall–Kier alpha value is -1.35. The number of rotatable bonds is 2. The van der Waals surface area contributed by atoms with Crippen LogP contribution in [0.1, 0.15) is 29.3 Å². The van der Waals surface area contributed by atoms with Crippen LogP contribution in [0.3, 0.4) is 0 Å². The van der Waals surface area contributed by atoms with Crippen LogP contribution in [0.4, 0.5) is 5.69 Å². The highest BCUT2D eigenvalue weighted by atomic mass is 16.3. The Bertz CT molecular complexity index is 417. The van der Waals surface area contributed by atoms with Crippen LogP contribution >= 0.6 is 0 Å². The number of nitrogens with zero attached hydrogens (tertiary/aromatic N) is 1. The first kappa shape index (κ1) is 12.1. The van der Waals surface area contributed by atoms with E-state index in [2.05, 4.69) is 11.8 Å². The fourth-order valence-corrected chi connectivity index (χ4v) is 2.46. The minimum absolute atomic E-state index is 0.180. The first-order valence-corrected chi connectivity index (χ1v) is 6.10. The van der Waals surface area contributed by atoms with Gasteiger partial charge in [-0.3, -0.25) is 4.79 Å². The van der Waals surface area contributed by atoms with E-state index >= 15 is 0 Å². The molecule has 1 aromatic rings. The Morgan fingerprint density at radius 3 is 2.82 bits per heavy atom. The number of carbonyl (C=O) groups excluding carboxylic acids is 1. The van der Waals surface area contributed by atoms with Crippen molar-refractivity contribution in [2.75, 3.05) is 18.0 Å². The molecule has 3 heteroatoms. The largest absolute Gasteiger partial charge is 0.393 e. The van der Waals surface area contributed by atoms with Gasteiger partial charge in [0.05, 0.1) is 6.10 Å². The molecule has 0 bridgehead atoms. The number of hydrogen-bond acceptors (Lipinski definition) is 3. The van der Waals surface area contributed by atoms with Gasteiger partial charge in [0.15, 0.2) is 0 Å². The van der Waals surface area contributed by atoms with Crippen molar-refractivity contribution in [3.63, 3.8) is 0 Å². The lowest BCUT2D eigenvalue weighted by Crippen LogP contribution is -2.42. The predicted molar refractivity (Wildman–Crippen MR) is 68.6 cm³/mol. The average molecular weight is 233 g/mol. The van der Waals surface area contributed by atoms with Crippen LogP contribution in [0, 0.1) is 12.8 Å². The Morgan fingerprint density at radius 1 is 1.47 bits per heavy atom. The normalized spacial score (nSPS) is 24.8. The molecular formula is C14H19NO2. The van der Waals surface area contributed by atoms with Gasteiger partial charge in [-0.05, 0) is 43.0 Å². The van der Waals surface area contributed by atoms with Crippen LogP contribution in [-0.4, -0.2) is 30.6 Å². The van der Waals surface area contributed by atoms with Crippen molar-refractivity contribution >= 4 is 12.0 Å². The molecule has 0 aromatic heterocycles. The fraction of sp³-hybridized carbons (Fsp3) is 0.500. The van der Waals surface area contributed by atoms with Gasteiger partial charge in [0.25, 0.3) is 0 Å². The van der Waals surface area contributed by atoms with Crippen LogP contribution in [0.5, 0.6) is 0 Å². The lowest BCUT2D eigenvalue weighted by Gasteiger charge is -2.36. The van der Waals surface area contributed by atoms with Crippen molar-refractivity contribution in [2.45, 2.75) is 26.4 Å². The van der Waals surface area contributed by atoms with Gasteiger partial charge in [-0.25, -0.2) is 0 Å². The van der Waals surface area contributed by atoms with Crippen LogP contribution < -0.4 is 4.90 Å². The van der Waals surface area contributed by atoms with E-state index in [4.69, 9.17) is 0 Å². The number of piperidine rings is 1. The highest BCUT2D eigenvalue weighted by molar-refractivity contribution is 5.77. The fourth-order valence-electron chi connectivity index (χ4n) is 2.46. The van der Waals surface area contributed by atoms with Gasteiger partial charge < -0.3 is 10.0 Å². The summed E-state index contributed by atoms with van der Waals surface area (Å²) in [7, 11) is 0. The average Bonchev–Trinajstić information content (AvgIpc) is 2.32. The van der Waals surface area contributed by atoms with E-state index < -0.39 is 0 Å². The third-order valence-electron chi connectivity index (χ3n) is 3.56. The molecule has 0 aliphatic carbocycles. The van der Waals surface area contributed by atoms with Gasteiger partial charge in [-0.1, -0.05) is 6.92 Å². The Balaban J connectivity index is 2.20. The molecule has 3 nitrogen and oxygen atoms in total. The molecule has 0 saturated carbocycles. The van der Waals surface area contributed by atoms with E-state index in [1.165, 1.54) is 5.69 Å². The molecule has 0 spiro atoms. The quantitative estimate of drug-likeness (QED) is 0.794. The third kappa shape index (κ3) is 2.50. The van der Waals surface area contributed by atoms with Crippen LogP contribution in [0.2, 0.25) is 0 Å². The van der Waals surface area contributed by atoms with E-state index in [0.717, 1.165) is 36.9 Å². The topological polar surface area (TPSA) is 40.5 Å². The first-order valence-electron chi connectivity index (χ1n) is 6.10. The maximum absolute atomic E-state index is 10.7. The summed E-state index contributed by atoms with van der Waals surface area (Å²) in [6.07, 6.45) is 1.51. The van der Waals surface area contributed by atoms with Crippen molar-refractivity contribution in [3.05, 3.63) is 29.3 Å². The molecule has 0 radical (unpaired) electrons. The second-order valence-corrected chi connectivity index (χ2v) is 4.94. The van der Waals surface area contributed by atoms with Crippen molar-refractivity contribution in [1.82, 2.24) is 0 Å². The second-order valence-electron chi connectivity index (χ2n) is 4.94. The molecule has 1 heterocycles. The maximum atomic E-state index is 10.7. The number of aliphatic hydroxyl groups excluding tert-OH is 1. The van der Waals surface area contributed by atoms with E-state index in [0.29, 0.717) is 5.92 Å². The summed E-state index contributed by atoms with van der Waals surface area (Å²) in [4.78, 5) is 13.0. The lowest BCUT2D eigenvalue weighted by molar-refractivity contribution is 0.0970. The molecule has 1 N–H and O–H groups in total. The van der Waals surface area contributed by atoms with Gasteiger partial charge in [0.1, 0.15) is 6.29 Å². The summed E-state index contributed by atoms with van der Waals surface area (Å²) in [6.45, 7) is 5.86. The highest BCUT2D eigenvalue weighted by Gasteiger charge is 2.24. The number of anilines is 1. The van der Waals surface area contributed by atoms with Crippen LogP contribution in [0.25, 0.3) is 0 Å². The zero-order valence-corrected chi connectivity index (χ0v) is 10.4. The summed E-state index contributed by atoms with van der Waals surface area (Å²) in [5.41, 5.74) is 3.02. The molecule has 17 heavy (non-hydrogen) atoms. The van der Waals surface area contributed by atoms with Crippen molar-refractivity contribution < 1.29 is 9.90 Å².